The molecule has 1 aromatic heterocycles. The number of unbranched alkanes of at least 4 members (excludes halogenated alkanes) is 3. The zero-order valence-electron chi connectivity index (χ0n) is 17.6. The van der Waals surface area contributed by atoms with Crippen molar-refractivity contribution >= 4 is 33.4 Å². The molecule has 1 atom stereocenters. The molecule has 0 bridgehead atoms. The van der Waals surface area contributed by atoms with Gasteiger partial charge in [-0.2, -0.15) is 4.98 Å². The number of benzene rings is 2. The molecule has 9 heteroatoms. The van der Waals surface area contributed by atoms with Crippen LogP contribution in [0.1, 0.15) is 44.4 Å². The summed E-state index contributed by atoms with van der Waals surface area (Å²) in [6.45, 7) is 2.44. The number of nitrogens with zero attached hydrogens (tertiary/aromatic N) is 3. The highest BCUT2D eigenvalue weighted by atomic mass is 79.9. The molecule has 0 spiro atoms. The van der Waals surface area contributed by atoms with Crippen molar-refractivity contribution < 1.29 is 14.2 Å². The van der Waals surface area contributed by atoms with E-state index in [0.717, 1.165) is 39.2 Å². The smallest absolute Gasteiger partial charge is 0.247 e. The number of hydrogen-bond donors (Lipinski definition) is 1. The Morgan fingerprint density at radius 3 is 2.88 bits per heavy atom. The van der Waals surface area contributed by atoms with Crippen molar-refractivity contribution in [1.82, 2.24) is 15.2 Å². The van der Waals surface area contributed by atoms with E-state index in [-0.39, 0.29) is 6.79 Å². The third-order valence-electron chi connectivity index (χ3n) is 5.32. The zero-order valence-corrected chi connectivity index (χ0v) is 20.0. The van der Waals surface area contributed by atoms with Gasteiger partial charge in [-0.1, -0.05) is 53.9 Å². The lowest BCUT2D eigenvalue weighted by molar-refractivity contribution is 0.173. The molecular formula is C23H23BrN4O3S. The quantitative estimate of drug-likeness (QED) is 0.294. The fourth-order valence-corrected chi connectivity index (χ4v) is 4.79. The van der Waals surface area contributed by atoms with E-state index in [0.29, 0.717) is 22.5 Å². The van der Waals surface area contributed by atoms with Gasteiger partial charge in [0, 0.05) is 27.0 Å². The molecule has 7 nitrogen and oxygen atoms in total. The highest BCUT2D eigenvalue weighted by Gasteiger charge is 2.27. The van der Waals surface area contributed by atoms with Crippen molar-refractivity contribution in [2.24, 2.45) is 0 Å². The van der Waals surface area contributed by atoms with E-state index >= 15 is 0 Å². The van der Waals surface area contributed by atoms with Crippen LogP contribution in [0.2, 0.25) is 0 Å². The van der Waals surface area contributed by atoms with Crippen LogP contribution < -0.4 is 19.5 Å². The number of ether oxygens (including phenoxy) is 3. The average Bonchev–Trinajstić information content (AvgIpc) is 3.21. The molecule has 2 aromatic carbocycles. The number of aromatic nitrogens is 3. The molecule has 0 amide bonds. The van der Waals surface area contributed by atoms with Crippen LogP contribution in [-0.2, 0) is 0 Å². The first kappa shape index (κ1) is 21.3. The van der Waals surface area contributed by atoms with Gasteiger partial charge in [-0.05, 0) is 42.8 Å². The summed E-state index contributed by atoms with van der Waals surface area (Å²) in [4.78, 5) is 4.72. The van der Waals surface area contributed by atoms with Gasteiger partial charge in [0.2, 0.25) is 17.8 Å². The second kappa shape index (κ2) is 9.54. The van der Waals surface area contributed by atoms with Crippen molar-refractivity contribution in [3.63, 3.8) is 0 Å². The topological polar surface area (TPSA) is 78.4 Å². The average molecular weight is 515 g/mol. The molecule has 0 aliphatic carbocycles. The summed E-state index contributed by atoms with van der Waals surface area (Å²) in [6, 6.07) is 11.8. The molecule has 0 saturated carbocycles. The molecule has 1 N–H and O–H groups in total. The largest absolute Gasteiger partial charge is 0.454 e. The van der Waals surface area contributed by atoms with E-state index < -0.39 is 6.23 Å². The van der Waals surface area contributed by atoms with Gasteiger partial charge in [0.25, 0.3) is 0 Å². The Bertz CT molecular complexity index is 1130. The van der Waals surface area contributed by atoms with Gasteiger partial charge in [0.05, 0.1) is 0 Å². The summed E-state index contributed by atoms with van der Waals surface area (Å²) >= 11 is 5.18. The molecule has 0 radical (unpaired) electrons. The molecule has 2 aliphatic heterocycles. The van der Waals surface area contributed by atoms with Crippen LogP contribution in [-0.4, -0.2) is 27.7 Å². The van der Waals surface area contributed by atoms with Gasteiger partial charge in [0.1, 0.15) is 0 Å². The van der Waals surface area contributed by atoms with Crippen molar-refractivity contribution in [3.05, 3.63) is 46.4 Å². The number of anilines is 1. The molecule has 0 saturated heterocycles. The van der Waals surface area contributed by atoms with Crippen molar-refractivity contribution in [1.29, 1.82) is 0 Å². The molecule has 3 heterocycles. The number of fused-ring (bicyclic) bond motifs is 4. The van der Waals surface area contributed by atoms with Crippen LogP contribution in [0.5, 0.6) is 17.4 Å². The van der Waals surface area contributed by atoms with E-state index in [1.165, 1.54) is 19.3 Å². The normalized spacial score (nSPS) is 15.9. The number of rotatable bonds is 7. The Morgan fingerprint density at radius 2 is 1.97 bits per heavy atom. The van der Waals surface area contributed by atoms with Crippen LogP contribution in [0.15, 0.2) is 46.0 Å². The van der Waals surface area contributed by atoms with Crippen LogP contribution in [0.3, 0.4) is 0 Å². The molecule has 0 fully saturated rings. The molecule has 5 rings (SSSR count). The highest BCUT2D eigenvalue weighted by Crippen LogP contribution is 2.42. The minimum atomic E-state index is -0.468. The highest BCUT2D eigenvalue weighted by molar-refractivity contribution is 9.10. The maximum atomic E-state index is 6.36. The third kappa shape index (κ3) is 4.49. The van der Waals surface area contributed by atoms with E-state index in [9.17, 15) is 0 Å². The predicted molar refractivity (Wildman–Crippen MR) is 127 cm³/mol. The summed E-state index contributed by atoms with van der Waals surface area (Å²) in [5, 5.41) is 13.0. The van der Waals surface area contributed by atoms with Crippen LogP contribution >= 0.6 is 27.7 Å². The van der Waals surface area contributed by atoms with Crippen LogP contribution in [0.25, 0.3) is 11.3 Å². The van der Waals surface area contributed by atoms with Gasteiger partial charge in [-0.25, -0.2) is 0 Å². The number of halogens is 1. The lowest BCUT2D eigenvalue weighted by atomic mass is 10.1. The summed E-state index contributed by atoms with van der Waals surface area (Å²) < 4.78 is 18.3. The molecule has 166 valence electrons. The molecule has 3 aromatic rings. The SMILES string of the molecule is CCCCCCSc1nnc2c(n1)O[C@H](c1ccc3c(c1)OCO3)Nc1ccc(Br)cc1-2. The van der Waals surface area contributed by atoms with E-state index in [4.69, 9.17) is 19.2 Å². The van der Waals surface area contributed by atoms with Crippen molar-refractivity contribution in [3.8, 4) is 28.6 Å². The maximum Gasteiger partial charge on any atom is 0.247 e. The lowest BCUT2D eigenvalue weighted by Gasteiger charge is -2.19. The number of thioether (sulfide) groups is 1. The first-order valence-corrected chi connectivity index (χ1v) is 12.5. The first-order chi connectivity index (χ1) is 15.7. The Kier molecular flexibility index (Phi) is 6.36. The van der Waals surface area contributed by atoms with Crippen LogP contribution in [0.4, 0.5) is 5.69 Å². The van der Waals surface area contributed by atoms with Gasteiger partial charge in [-0.15, -0.1) is 10.2 Å². The van der Waals surface area contributed by atoms with Crippen molar-refractivity contribution in [2.75, 3.05) is 17.9 Å². The number of hydrogen-bond acceptors (Lipinski definition) is 8. The third-order valence-corrected chi connectivity index (χ3v) is 6.73. The van der Waals surface area contributed by atoms with E-state index in [1.54, 1.807) is 11.8 Å². The Morgan fingerprint density at radius 1 is 1.06 bits per heavy atom. The van der Waals surface area contributed by atoms with Crippen molar-refractivity contribution in [2.45, 2.75) is 44.0 Å². The fourth-order valence-electron chi connectivity index (χ4n) is 3.65. The Labute approximate surface area is 199 Å². The zero-order chi connectivity index (χ0) is 21.9. The summed E-state index contributed by atoms with van der Waals surface area (Å²) in [5.74, 6) is 2.87. The minimum Gasteiger partial charge on any atom is -0.454 e. The van der Waals surface area contributed by atoms with Gasteiger partial charge in [-0.3, -0.25) is 0 Å². The second-order valence-electron chi connectivity index (χ2n) is 7.60. The monoisotopic (exact) mass is 514 g/mol. The standard InChI is InChI=1S/C23H23BrN4O3S/c1-2-3-4-5-10-32-23-26-22-20(27-28-23)16-12-15(24)7-8-17(16)25-21(31-22)14-6-9-18-19(11-14)30-13-29-18/h6-9,11-12,21,25H,2-5,10,13H2,1H3/t21-/m1/s1. The Balaban J connectivity index is 1.47. The molecular weight excluding hydrogens is 492 g/mol. The molecule has 0 unspecified atom stereocenters. The van der Waals surface area contributed by atoms with E-state index in [2.05, 4.69) is 38.4 Å². The second-order valence-corrected chi connectivity index (χ2v) is 9.58. The summed E-state index contributed by atoms with van der Waals surface area (Å²) in [7, 11) is 0. The van der Waals surface area contributed by atoms with Crippen LogP contribution in [0, 0.1) is 0 Å². The first-order valence-electron chi connectivity index (χ1n) is 10.7. The maximum absolute atomic E-state index is 6.36. The number of nitrogens with one attached hydrogen (secondary N) is 1. The Hall–Kier alpha value is -2.52. The fraction of sp³-hybridized carbons (Fsp3) is 0.348. The molecule has 2 aliphatic rings. The van der Waals surface area contributed by atoms with Gasteiger partial charge >= 0.3 is 0 Å². The van der Waals surface area contributed by atoms with Gasteiger partial charge < -0.3 is 19.5 Å². The molecule has 32 heavy (non-hydrogen) atoms. The lowest BCUT2D eigenvalue weighted by Crippen LogP contribution is -2.17. The van der Waals surface area contributed by atoms with E-state index in [1.807, 2.05) is 36.4 Å². The van der Waals surface area contributed by atoms with Gasteiger partial charge in [0.15, 0.2) is 23.4 Å². The summed E-state index contributed by atoms with van der Waals surface area (Å²) in [5.41, 5.74) is 3.30. The minimum absolute atomic E-state index is 0.230. The predicted octanol–water partition coefficient (Wildman–Crippen LogP) is 6.21. The summed E-state index contributed by atoms with van der Waals surface area (Å²) in [6.07, 6.45) is 4.36.